The number of aromatic hydroxyl groups is 1. The maximum atomic E-state index is 12.9. The van der Waals surface area contributed by atoms with Crippen LogP contribution in [0, 0.1) is 6.92 Å². The molecule has 4 aromatic rings. The number of piperidine rings is 1. The highest BCUT2D eigenvalue weighted by Gasteiger charge is 2.39. The lowest BCUT2D eigenvalue weighted by Gasteiger charge is -2.41. The van der Waals surface area contributed by atoms with Crippen LogP contribution in [0.25, 0.3) is 27.9 Å². The Bertz CT molecular complexity index is 1490. The monoisotopic (exact) mass is 551 g/mol. The highest BCUT2D eigenvalue weighted by atomic mass is 19.3. The molecule has 2 aliphatic rings. The van der Waals surface area contributed by atoms with Crippen LogP contribution in [-0.2, 0) is 11.3 Å². The largest absolute Gasteiger partial charge is 0.493 e. The Hall–Kier alpha value is -3.72. The predicted octanol–water partition coefficient (Wildman–Crippen LogP) is 3.16. The standard InChI is InChI=1S/C16H16F2N8O.C8H13F2NO/c1-7-21-10-4-3-9(22-15(10)25(7)6-11(17)18)8-5-12(27)26-13(8)14(20-2)23-16(19)24-26;9-8(10)2-1-3-11(6-8)7-4-12-5-7/h3-5,11,27H,6H2,1-2H3,(H3,19,20,23,24);7H,1-6H2. The van der Waals surface area contributed by atoms with Crippen LogP contribution >= 0.6 is 0 Å². The van der Waals surface area contributed by atoms with E-state index in [0.29, 0.717) is 59.2 Å². The van der Waals surface area contributed by atoms with Gasteiger partial charge in [-0.2, -0.15) is 9.50 Å². The molecule has 0 aliphatic carbocycles. The Morgan fingerprint density at radius 3 is 2.64 bits per heavy atom. The number of aromatic nitrogens is 6. The van der Waals surface area contributed by atoms with Crippen molar-refractivity contribution in [1.82, 2.24) is 34.0 Å². The summed E-state index contributed by atoms with van der Waals surface area (Å²) in [4.78, 5) is 14.8. The zero-order valence-corrected chi connectivity index (χ0v) is 21.4. The van der Waals surface area contributed by atoms with Crippen LogP contribution < -0.4 is 11.1 Å². The van der Waals surface area contributed by atoms with Crippen molar-refractivity contribution in [3.05, 3.63) is 24.0 Å². The minimum atomic E-state index is -2.53. The summed E-state index contributed by atoms with van der Waals surface area (Å²) in [6.45, 7) is 3.16. The Morgan fingerprint density at radius 1 is 1.23 bits per heavy atom. The van der Waals surface area contributed by atoms with Gasteiger partial charge in [-0.15, -0.1) is 5.10 Å². The van der Waals surface area contributed by atoms with Gasteiger partial charge in [-0.3, -0.25) is 4.90 Å². The quantitative estimate of drug-likeness (QED) is 0.320. The summed E-state index contributed by atoms with van der Waals surface area (Å²) >= 11 is 0. The number of aryl methyl sites for hydroxylation is 1. The molecule has 0 radical (unpaired) electrons. The van der Waals surface area contributed by atoms with E-state index in [2.05, 4.69) is 25.4 Å². The van der Waals surface area contributed by atoms with Gasteiger partial charge in [0.15, 0.2) is 11.5 Å². The molecule has 0 spiro atoms. The Kier molecular flexibility index (Phi) is 7.20. The fraction of sp³-hybridized carbons (Fsp3) is 0.500. The SMILES string of the molecule is CNc1nc(N)nn2c(O)cc(-c3ccc4nc(C)n(CC(F)F)c4n3)c12.FC1(F)CCCN(C2COC2)C1. The number of alkyl halides is 4. The average Bonchev–Trinajstić information content (AvgIpc) is 3.33. The van der Waals surface area contributed by atoms with Gasteiger partial charge in [-0.25, -0.2) is 27.5 Å². The average molecular weight is 552 g/mol. The Labute approximate surface area is 220 Å². The molecule has 0 bridgehead atoms. The summed E-state index contributed by atoms with van der Waals surface area (Å²) in [6.07, 6.45) is -1.86. The third-order valence-electron chi connectivity index (χ3n) is 6.79. The van der Waals surface area contributed by atoms with E-state index < -0.39 is 18.9 Å². The number of nitrogens with zero attached hydrogens (tertiary/aromatic N) is 7. The Balaban J connectivity index is 0.000000214. The summed E-state index contributed by atoms with van der Waals surface area (Å²) in [5, 5.41) is 17.1. The molecule has 11 nitrogen and oxygen atoms in total. The number of nitrogen functional groups attached to an aromatic ring is 1. The van der Waals surface area contributed by atoms with E-state index in [1.807, 2.05) is 4.90 Å². The van der Waals surface area contributed by atoms with E-state index in [1.165, 1.54) is 15.1 Å². The highest BCUT2D eigenvalue weighted by molar-refractivity contribution is 5.90. The first-order valence-electron chi connectivity index (χ1n) is 12.4. The second-order valence-electron chi connectivity index (χ2n) is 9.57. The summed E-state index contributed by atoms with van der Waals surface area (Å²) in [6, 6.07) is 5.13. The van der Waals surface area contributed by atoms with E-state index in [1.54, 1.807) is 26.1 Å². The summed E-state index contributed by atoms with van der Waals surface area (Å²) < 4.78 is 59.2. The van der Waals surface area contributed by atoms with Gasteiger partial charge in [0.25, 0.3) is 12.3 Å². The number of halogens is 4. The molecule has 0 unspecified atom stereocenters. The van der Waals surface area contributed by atoms with Crippen molar-refractivity contribution in [1.29, 1.82) is 0 Å². The molecule has 0 aromatic carbocycles. The van der Waals surface area contributed by atoms with Crippen LogP contribution in [0.5, 0.6) is 5.88 Å². The van der Waals surface area contributed by atoms with Crippen LogP contribution in [0.4, 0.5) is 29.3 Å². The van der Waals surface area contributed by atoms with Gasteiger partial charge in [-0.1, -0.05) is 0 Å². The maximum Gasteiger partial charge on any atom is 0.260 e. The highest BCUT2D eigenvalue weighted by Crippen LogP contribution is 2.34. The van der Waals surface area contributed by atoms with Gasteiger partial charge < -0.3 is 25.5 Å². The molecule has 15 heteroatoms. The van der Waals surface area contributed by atoms with Gasteiger partial charge in [0.2, 0.25) is 11.8 Å². The van der Waals surface area contributed by atoms with Gasteiger partial charge >= 0.3 is 0 Å². The summed E-state index contributed by atoms with van der Waals surface area (Å²) in [5.41, 5.74) is 7.97. The molecule has 6 rings (SSSR count). The summed E-state index contributed by atoms with van der Waals surface area (Å²) in [7, 11) is 1.66. The topological polar surface area (TPSA) is 132 Å². The number of nitrogens with two attached hydrogens (primary N) is 1. The number of likely N-dealkylation sites (tertiary alicyclic amines) is 1. The zero-order valence-electron chi connectivity index (χ0n) is 21.4. The van der Waals surface area contributed by atoms with Crippen molar-refractivity contribution in [2.45, 2.75) is 44.7 Å². The van der Waals surface area contributed by atoms with E-state index in [9.17, 15) is 22.7 Å². The first-order valence-corrected chi connectivity index (χ1v) is 12.4. The first kappa shape index (κ1) is 26.9. The molecule has 6 heterocycles. The fourth-order valence-corrected chi connectivity index (χ4v) is 4.84. The second-order valence-corrected chi connectivity index (χ2v) is 9.57. The molecule has 4 N–H and O–H groups in total. The molecule has 2 aliphatic heterocycles. The molecule has 2 fully saturated rings. The van der Waals surface area contributed by atoms with E-state index in [0.717, 1.165) is 6.54 Å². The van der Waals surface area contributed by atoms with E-state index in [-0.39, 0.29) is 30.8 Å². The Morgan fingerprint density at radius 2 is 2.00 bits per heavy atom. The number of rotatable bonds is 5. The van der Waals surface area contributed by atoms with Crippen molar-refractivity contribution >= 4 is 28.4 Å². The van der Waals surface area contributed by atoms with Crippen LogP contribution in [0.1, 0.15) is 18.7 Å². The van der Waals surface area contributed by atoms with Crippen molar-refractivity contribution in [3.8, 4) is 17.1 Å². The third-order valence-corrected chi connectivity index (χ3v) is 6.79. The van der Waals surface area contributed by atoms with Crippen LogP contribution in [0.15, 0.2) is 18.2 Å². The number of hydrogen-bond acceptors (Lipinski definition) is 9. The number of hydrogen-bond donors (Lipinski definition) is 3. The molecule has 0 saturated carbocycles. The lowest BCUT2D eigenvalue weighted by molar-refractivity contribution is -0.126. The number of anilines is 2. The first-order chi connectivity index (χ1) is 18.6. The van der Waals surface area contributed by atoms with Crippen LogP contribution in [0.3, 0.4) is 0 Å². The van der Waals surface area contributed by atoms with Crippen LogP contribution in [-0.4, -0.2) is 90.9 Å². The molecule has 39 heavy (non-hydrogen) atoms. The number of ether oxygens (including phenoxy) is 1. The molecular formula is C24H29F4N9O2. The molecule has 4 aromatic heterocycles. The number of fused-ring (bicyclic) bond motifs is 2. The lowest BCUT2D eigenvalue weighted by Crippen LogP contribution is -2.55. The smallest absolute Gasteiger partial charge is 0.260 e. The lowest BCUT2D eigenvalue weighted by atomic mass is 10.0. The van der Waals surface area contributed by atoms with Crippen molar-refractivity contribution in [3.63, 3.8) is 0 Å². The normalized spacial score (nSPS) is 17.8. The van der Waals surface area contributed by atoms with Crippen molar-refractivity contribution in [2.24, 2.45) is 0 Å². The fourth-order valence-electron chi connectivity index (χ4n) is 4.84. The van der Waals surface area contributed by atoms with Crippen molar-refractivity contribution < 1.29 is 27.4 Å². The van der Waals surface area contributed by atoms with Gasteiger partial charge in [-0.05, 0) is 32.0 Å². The molecule has 0 amide bonds. The third kappa shape index (κ3) is 5.41. The number of pyridine rings is 1. The minimum absolute atomic E-state index is 0.0154. The molecule has 210 valence electrons. The summed E-state index contributed by atoms with van der Waals surface area (Å²) in [5.74, 6) is -1.78. The minimum Gasteiger partial charge on any atom is -0.493 e. The number of nitrogens with one attached hydrogen (secondary N) is 1. The second kappa shape index (κ2) is 10.4. The van der Waals surface area contributed by atoms with Crippen molar-refractivity contribution in [2.75, 3.05) is 44.4 Å². The van der Waals surface area contributed by atoms with Gasteiger partial charge in [0.1, 0.15) is 16.9 Å². The van der Waals surface area contributed by atoms with Gasteiger partial charge in [0, 0.05) is 25.1 Å². The van der Waals surface area contributed by atoms with E-state index in [4.69, 9.17) is 10.5 Å². The molecular weight excluding hydrogens is 522 g/mol. The van der Waals surface area contributed by atoms with E-state index >= 15 is 0 Å². The zero-order chi connectivity index (χ0) is 27.9. The molecule has 2 saturated heterocycles. The maximum absolute atomic E-state index is 12.9. The predicted molar refractivity (Wildman–Crippen MR) is 136 cm³/mol. The van der Waals surface area contributed by atoms with Crippen LogP contribution in [0.2, 0.25) is 0 Å². The molecule has 0 atom stereocenters. The van der Waals surface area contributed by atoms with Gasteiger partial charge in [0.05, 0.1) is 38.0 Å². The number of imidazole rings is 1.